The highest BCUT2D eigenvalue weighted by Gasteiger charge is 2.24. The maximum Gasteiger partial charge on any atom is 0.211 e. The molecule has 0 saturated carbocycles. The van der Waals surface area contributed by atoms with Gasteiger partial charge in [0.2, 0.25) is 10.0 Å². The summed E-state index contributed by atoms with van der Waals surface area (Å²) in [6.07, 6.45) is 2.91. The lowest BCUT2D eigenvalue weighted by Crippen LogP contribution is -2.44. The lowest BCUT2D eigenvalue weighted by atomic mass is 10.1. The van der Waals surface area contributed by atoms with Gasteiger partial charge in [0.15, 0.2) is 0 Å². The largest absolute Gasteiger partial charge is 0.309 e. The maximum absolute atomic E-state index is 11.2. The van der Waals surface area contributed by atoms with Crippen molar-refractivity contribution in [2.75, 3.05) is 25.9 Å². The van der Waals surface area contributed by atoms with Crippen LogP contribution in [0.25, 0.3) is 0 Å². The molecule has 0 aromatic heterocycles. The van der Waals surface area contributed by atoms with E-state index in [1.165, 1.54) is 10.6 Å². The number of nitrogens with zero attached hydrogens (tertiary/aromatic N) is 1. The SMILES string of the molecule is C=C(Cl)CNC1CCN(S(C)(=O)=O)CC1. The van der Waals surface area contributed by atoms with Crippen molar-refractivity contribution in [3.05, 3.63) is 11.6 Å². The van der Waals surface area contributed by atoms with Crippen LogP contribution >= 0.6 is 11.6 Å². The Balaban J connectivity index is 2.33. The maximum atomic E-state index is 11.2. The molecule has 4 nitrogen and oxygen atoms in total. The number of rotatable bonds is 4. The molecule has 1 rings (SSSR count). The van der Waals surface area contributed by atoms with Crippen LogP contribution < -0.4 is 5.32 Å². The highest BCUT2D eigenvalue weighted by atomic mass is 35.5. The quantitative estimate of drug-likeness (QED) is 0.804. The first kappa shape index (κ1) is 13.0. The molecule has 15 heavy (non-hydrogen) atoms. The third-order valence-corrected chi connectivity index (χ3v) is 3.94. The molecule has 0 unspecified atom stereocenters. The molecule has 6 heteroatoms. The molecule has 1 fully saturated rings. The first-order chi connectivity index (χ1) is 6.89. The molecular formula is C9H17ClN2O2S. The van der Waals surface area contributed by atoms with Crippen molar-refractivity contribution in [1.82, 2.24) is 9.62 Å². The fourth-order valence-corrected chi connectivity index (χ4v) is 2.60. The number of hydrogen-bond donors (Lipinski definition) is 1. The molecule has 1 aliphatic rings. The smallest absolute Gasteiger partial charge is 0.211 e. The van der Waals surface area contributed by atoms with Gasteiger partial charge in [-0.15, -0.1) is 0 Å². The van der Waals surface area contributed by atoms with E-state index in [4.69, 9.17) is 11.6 Å². The van der Waals surface area contributed by atoms with Crippen LogP contribution in [0, 0.1) is 0 Å². The van der Waals surface area contributed by atoms with Crippen molar-refractivity contribution < 1.29 is 8.42 Å². The minimum Gasteiger partial charge on any atom is -0.309 e. The van der Waals surface area contributed by atoms with Crippen molar-refractivity contribution in [3.63, 3.8) is 0 Å². The van der Waals surface area contributed by atoms with Crippen LogP contribution in [0.1, 0.15) is 12.8 Å². The van der Waals surface area contributed by atoms with Gasteiger partial charge in [-0.2, -0.15) is 0 Å². The van der Waals surface area contributed by atoms with Gasteiger partial charge in [-0.3, -0.25) is 0 Å². The monoisotopic (exact) mass is 252 g/mol. The zero-order valence-corrected chi connectivity index (χ0v) is 10.4. The van der Waals surface area contributed by atoms with Crippen molar-refractivity contribution in [2.24, 2.45) is 0 Å². The van der Waals surface area contributed by atoms with Gasteiger partial charge in [-0.05, 0) is 12.8 Å². The lowest BCUT2D eigenvalue weighted by molar-refractivity contribution is 0.295. The van der Waals surface area contributed by atoms with E-state index in [0.29, 0.717) is 30.7 Å². The van der Waals surface area contributed by atoms with Crippen LogP contribution in [-0.4, -0.2) is 44.7 Å². The molecule has 1 heterocycles. The van der Waals surface area contributed by atoms with E-state index in [1.807, 2.05) is 0 Å². The Kier molecular flexibility index (Phi) is 4.58. The van der Waals surface area contributed by atoms with Crippen LogP contribution in [0.4, 0.5) is 0 Å². The Morgan fingerprint density at radius 3 is 2.47 bits per heavy atom. The zero-order valence-electron chi connectivity index (χ0n) is 8.87. The van der Waals surface area contributed by atoms with Crippen LogP contribution in [-0.2, 0) is 10.0 Å². The van der Waals surface area contributed by atoms with Gasteiger partial charge in [-0.25, -0.2) is 12.7 Å². The number of nitrogens with one attached hydrogen (secondary N) is 1. The Labute approximate surface area is 96.3 Å². The van der Waals surface area contributed by atoms with Crippen molar-refractivity contribution in [1.29, 1.82) is 0 Å². The Morgan fingerprint density at radius 2 is 2.07 bits per heavy atom. The first-order valence-electron chi connectivity index (χ1n) is 4.91. The van der Waals surface area contributed by atoms with Gasteiger partial charge in [0.05, 0.1) is 6.26 Å². The minimum absolute atomic E-state index is 0.346. The number of piperidine rings is 1. The van der Waals surface area contributed by atoms with E-state index in [0.717, 1.165) is 12.8 Å². The Bertz CT molecular complexity index is 321. The van der Waals surface area contributed by atoms with E-state index >= 15 is 0 Å². The van der Waals surface area contributed by atoms with Crippen LogP contribution in [0.5, 0.6) is 0 Å². The van der Waals surface area contributed by atoms with Crippen LogP contribution in [0.3, 0.4) is 0 Å². The van der Waals surface area contributed by atoms with Gasteiger partial charge in [-0.1, -0.05) is 18.2 Å². The van der Waals surface area contributed by atoms with Gasteiger partial charge in [0.1, 0.15) is 0 Å². The van der Waals surface area contributed by atoms with Crippen molar-refractivity contribution in [2.45, 2.75) is 18.9 Å². The molecular weight excluding hydrogens is 236 g/mol. The molecule has 1 N–H and O–H groups in total. The Hall–Kier alpha value is -0.100. The van der Waals surface area contributed by atoms with Gasteiger partial charge in [0.25, 0.3) is 0 Å². The molecule has 0 spiro atoms. The van der Waals surface area contributed by atoms with Crippen molar-refractivity contribution >= 4 is 21.6 Å². The fourth-order valence-electron chi connectivity index (χ4n) is 1.65. The molecule has 0 amide bonds. The third-order valence-electron chi connectivity index (χ3n) is 2.51. The molecule has 88 valence electrons. The molecule has 1 saturated heterocycles. The molecule has 0 atom stereocenters. The van der Waals surface area contributed by atoms with Crippen LogP contribution in [0.2, 0.25) is 0 Å². The topological polar surface area (TPSA) is 49.4 Å². The summed E-state index contributed by atoms with van der Waals surface area (Å²) in [5.74, 6) is 0. The second kappa shape index (κ2) is 5.30. The minimum atomic E-state index is -3.02. The van der Waals surface area contributed by atoms with Crippen molar-refractivity contribution in [3.8, 4) is 0 Å². The predicted molar refractivity (Wildman–Crippen MR) is 62.4 cm³/mol. The van der Waals surface area contributed by atoms with Gasteiger partial charge in [0, 0.05) is 30.7 Å². The lowest BCUT2D eigenvalue weighted by Gasteiger charge is -2.30. The van der Waals surface area contributed by atoms with E-state index in [1.54, 1.807) is 0 Å². The number of halogens is 1. The normalized spacial score (nSPS) is 20.4. The number of hydrogen-bond acceptors (Lipinski definition) is 3. The highest BCUT2D eigenvalue weighted by Crippen LogP contribution is 2.13. The summed E-state index contributed by atoms with van der Waals surface area (Å²) >= 11 is 5.64. The van der Waals surface area contributed by atoms with E-state index in [9.17, 15) is 8.42 Å². The first-order valence-corrected chi connectivity index (χ1v) is 7.14. The predicted octanol–water partition coefficient (Wildman–Crippen LogP) is 0.752. The second-order valence-electron chi connectivity index (χ2n) is 3.83. The van der Waals surface area contributed by atoms with E-state index < -0.39 is 10.0 Å². The molecule has 0 aliphatic carbocycles. The fraction of sp³-hybridized carbons (Fsp3) is 0.778. The van der Waals surface area contributed by atoms with Gasteiger partial charge < -0.3 is 5.32 Å². The summed E-state index contributed by atoms with van der Waals surface area (Å²) in [6.45, 7) is 5.36. The summed E-state index contributed by atoms with van der Waals surface area (Å²) in [6, 6.07) is 0.346. The molecule has 0 bridgehead atoms. The molecule has 0 radical (unpaired) electrons. The average molecular weight is 253 g/mol. The second-order valence-corrected chi connectivity index (χ2v) is 6.35. The van der Waals surface area contributed by atoms with E-state index in [2.05, 4.69) is 11.9 Å². The molecule has 1 aliphatic heterocycles. The van der Waals surface area contributed by atoms with Crippen LogP contribution in [0.15, 0.2) is 11.6 Å². The molecule has 0 aromatic carbocycles. The average Bonchev–Trinajstić information content (AvgIpc) is 2.14. The van der Waals surface area contributed by atoms with E-state index in [-0.39, 0.29) is 0 Å². The Morgan fingerprint density at radius 1 is 1.53 bits per heavy atom. The summed E-state index contributed by atoms with van der Waals surface area (Å²) in [4.78, 5) is 0. The molecule has 0 aromatic rings. The summed E-state index contributed by atoms with van der Waals surface area (Å²) in [7, 11) is -3.02. The summed E-state index contributed by atoms with van der Waals surface area (Å²) in [5.41, 5.74) is 0. The summed E-state index contributed by atoms with van der Waals surface area (Å²) < 4.78 is 24.0. The number of sulfonamides is 1. The zero-order chi connectivity index (χ0) is 11.5. The highest BCUT2D eigenvalue weighted by molar-refractivity contribution is 7.88. The summed E-state index contributed by atoms with van der Waals surface area (Å²) in [5, 5.41) is 3.82. The third kappa shape index (κ3) is 4.51. The standard InChI is InChI=1S/C9H17ClN2O2S/c1-8(10)7-11-9-3-5-12(6-4-9)15(2,13)14/h9,11H,1,3-7H2,2H3. The van der Waals surface area contributed by atoms with Gasteiger partial charge >= 0.3 is 0 Å².